The largest absolute Gasteiger partial charge is 1.00 e. The molecule has 0 spiro atoms. The third-order valence-corrected chi connectivity index (χ3v) is 3.75. The van der Waals surface area contributed by atoms with Crippen LogP contribution < -0.4 is 34.7 Å². The number of aliphatic carboxylic acids is 1. The topological polar surface area (TPSA) is 91.2 Å². The molecule has 9 heteroatoms. The smallest absolute Gasteiger partial charge is 0.543 e. The van der Waals surface area contributed by atoms with Gasteiger partial charge in [0, 0.05) is 7.05 Å². The van der Waals surface area contributed by atoms with E-state index < -0.39 is 5.97 Å². The molecule has 92 valence electrons. The maximum Gasteiger partial charge on any atom is 1.00 e. The molecule has 2 aliphatic rings. The van der Waals surface area contributed by atoms with Gasteiger partial charge in [-0.15, -0.1) is 16.9 Å². The Bertz CT molecular complexity index is 624. The molecule has 3 heterocycles. The SMILES string of the molecule is Cn1cc(/C=C2\C(=O)N3C(C(=O)[O-])=CS[C@H]23)nn1.[Na+]. The van der Waals surface area contributed by atoms with Gasteiger partial charge in [-0.3, -0.25) is 14.4 Å². The number of carbonyl (C=O) groups excluding carboxylic acids is 2. The molecule has 1 amide bonds. The number of hydrogen-bond acceptors (Lipinski definition) is 6. The van der Waals surface area contributed by atoms with Gasteiger partial charge in [-0.25, -0.2) is 0 Å². The first-order chi connectivity index (χ1) is 8.58. The molecule has 0 saturated carbocycles. The molecule has 3 rings (SSSR count). The molecular weight excluding hydrogens is 279 g/mol. The van der Waals surface area contributed by atoms with Crippen molar-refractivity contribution >= 4 is 29.7 Å². The first-order valence-electron chi connectivity index (χ1n) is 5.06. The molecule has 1 aromatic rings. The fourth-order valence-electron chi connectivity index (χ4n) is 1.85. The van der Waals surface area contributed by atoms with Crippen LogP contribution in [0.15, 0.2) is 22.9 Å². The second kappa shape index (κ2) is 5.12. The summed E-state index contributed by atoms with van der Waals surface area (Å²) >= 11 is 1.27. The normalized spacial score (nSPS) is 22.7. The Morgan fingerprint density at radius 2 is 2.32 bits per heavy atom. The van der Waals surface area contributed by atoms with Crippen LogP contribution in [0.5, 0.6) is 0 Å². The standard InChI is InChI=1S/C10H8N4O3S.Na/c1-13-3-5(11-12-13)2-6-8(15)14-7(10(16)17)4-18-9(6)14;/h2-4,9H,1H3,(H,16,17);/q;+1/p-1/b6-2+;/t9-;/m1./s1. The van der Waals surface area contributed by atoms with E-state index in [0.717, 1.165) is 0 Å². The van der Waals surface area contributed by atoms with Gasteiger partial charge in [0.15, 0.2) is 0 Å². The zero-order valence-corrected chi connectivity index (χ0v) is 13.0. The molecule has 0 aromatic carbocycles. The summed E-state index contributed by atoms with van der Waals surface area (Å²) in [5, 5.41) is 19.5. The number of rotatable bonds is 2. The van der Waals surface area contributed by atoms with E-state index in [-0.39, 0.29) is 46.5 Å². The number of carboxylic acids is 1. The summed E-state index contributed by atoms with van der Waals surface area (Å²) in [6.45, 7) is 0. The van der Waals surface area contributed by atoms with Gasteiger partial charge < -0.3 is 9.90 Å². The number of carboxylic acid groups (broad SMARTS) is 1. The second-order valence-electron chi connectivity index (χ2n) is 3.87. The van der Waals surface area contributed by atoms with Crippen molar-refractivity contribution in [1.82, 2.24) is 19.9 Å². The number of fused-ring (bicyclic) bond motifs is 1. The summed E-state index contributed by atoms with van der Waals surface area (Å²) < 4.78 is 1.53. The summed E-state index contributed by atoms with van der Waals surface area (Å²) in [6, 6.07) is 0. The molecule has 1 saturated heterocycles. The summed E-state index contributed by atoms with van der Waals surface area (Å²) in [7, 11) is 1.73. The number of hydrogen-bond donors (Lipinski definition) is 0. The van der Waals surface area contributed by atoms with Crippen LogP contribution in [-0.2, 0) is 16.6 Å². The Hall–Kier alpha value is -1.09. The van der Waals surface area contributed by atoms with Crippen molar-refractivity contribution in [3.05, 3.63) is 28.6 Å². The molecule has 0 N–H and O–H groups in total. The number of aromatic nitrogens is 3. The van der Waals surface area contributed by atoms with E-state index in [1.807, 2.05) is 0 Å². The van der Waals surface area contributed by atoms with E-state index in [1.54, 1.807) is 19.3 Å². The van der Waals surface area contributed by atoms with Crippen molar-refractivity contribution in [1.29, 1.82) is 0 Å². The van der Waals surface area contributed by atoms with E-state index in [2.05, 4.69) is 10.3 Å². The van der Waals surface area contributed by atoms with Gasteiger partial charge in [-0.1, -0.05) is 5.21 Å². The molecule has 1 aromatic heterocycles. The van der Waals surface area contributed by atoms with Gasteiger partial charge in [-0.2, -0.15) is 0 Å². The van der Waals surface area contributed by atoms with Gasteiger partial charge in [0.2, 0.25) is 0 Å². The van der Waals surface area contributed by atoms with Crippen molar-refractivity contribution in [2.45, 2.75) is 5.37 Å². The van der Waals surface area contributed by atoms with E-state index in [0.29, 0.717) is 11.3 Å². The predicted molar refractivity (Wildman–Crippen MR) is 60.3 cm³/mol. The Morgan fingerprint density at radius 1 is 1.58 bits per heavy atom. The average molecular weight is 286 g/mol. The van der Waals surface area contributed by atoms with Gasteiger partial charge in [0.05, 0.1) is 23.4 Å². The molecule has 1 fully saturated rings. The van der Waals surface area contributed by atoms with Crippen molar-refractivity contribution in [3.8, 4) is 0 Å². The van der Waals surface area contributed by atoms with Gasteiger partial charge in [0.25, 0.3) is 5.91 Å². The van der Waals surface area contributed by atoms with Gasteiger partial charge in [-0.05, 0) is 11.5 Å². The van der Waals surface area contributed by atoms with Crippen LogP contribution in [0.3, 0.4) is 0 Å². The molecule has 0 radical (unpaired) electrons. The fraction of sp³-hybridized carbons (Fsp3) is 0.200. The van der Waals surface area contributed by atoms with Crippen molar-refractivity contribution in [2.24, 2.45) is 7.05 Å². The third-order valence-electron chi connectivity index (χ3n) is 2.67. The molecule has 1 atom stereocenters. The maximum absolute atomic E-state index is 11.8. The van der Waals surface area contributed by atoms with Crippen molar-refractivity contribution < 1.29 is 44.3 Å². The Labute approximate surface area is 134 Å². The van der Waals surface area contributed by atoms with Crippen LogP contribution in [0.1, 0.15) is 5.69 Å². The minimum absolute atomic E-state index is 0. The zero-order chi connectivity index (χ0) is 12.9. The van der Waals surface area contributed by atoms with Crippen LogP contribution in [0.25, 0.3) is 6.08 Å². The van der Waals surface area contributed by atoms with Crippen LogP contribution in [0.2, 0.25) is 0 Å². The number of nitrogens with zero attached hydrogens (tertiary/aromatic N) is 4. The Morgan fingerprint density at radius 3 is 2.89 bits per heavy atom. The number of thioether (sulfide) groups is 1. The predicted octanol–water partition coefficient (Wildman–Crippen LogP) is -4.29. The maximum atomic E-state index is 11.8. The Balaban J connectivity index is 0.00000133. The van der Waals surface area contributed by atoms with Crippen molar-refractivity contribution in [2.75, 3.05) is 0 Å². The molecule has 0 bridgehead atoms. The number of aryl methyl sites for hydroxylation is 1. The zero-order valence-electron chi connectivity index (χ0n) is 10.2. The van der Waals surface area contributed by atoms with Crippen LogP contribution >= 0.6 is 11.8 Å². The summed E-state index contributed by atoms with van der Waals surface area (Å²) in [5.74, 6) is -1.66. The van der Waals surface area contributed by atoms with E-state index in [1.165, 1.54) is 26.8 Å². The molecule has 0 aliphatic carbocycles. The first-order valence-corrected chi connectivity index (χ1v) is 6.00. The quantitative estimate of drug-likeness (QED) is 0.310. The second-order valence-corrected chi connectivity index (χ2v) is 4.83. The van der Waals surface area contributed by atoms with Crippen LogP contribution in [0, 0.1) is 0 Å². The molecular formula is C10H7N4NaO3S. The van der Waals surface area contributed by atoms with Gasteiger partial charge in [0.1, 0.15) is 11.1 Å². The Kier molecular flexibility index (Phi) is 3.86. The van der Waals surface area contributed by atoms with Crippen molar-refractivity contribution in [3.63, 3.8) is 0 Å². The van der Waals surface area contributed by atoms with Crippen LogP contribution in [-0.4, -0.2) is 37.1 Å². The average Bonchev–Trinajstić information content (AvgIpc) is 2.89. The fourth-order valence-corrected chi connectivity index (χ4v) is 2.96. The van der Waals surface area contributed by atoms with E-state index in [9.17, 15) is 14.7 Å². The third kappa shape index (κ3) is 2.25. The minimum atomic E-state index is -1.34. The number of β-lactam (4-membered cyclic amide) rings is 1. The first kappa shape index (κ1) is 14.3. The molecule has 0 unspecified atom stereocenters. The summed E-state index contributed by atoms with van der Waals surface area (Å²) in [5.41, 5.74) is 1.02. The van der Waals surface area contributed by atoms with Crippen LogP contribution in [0.4, 0.5) is 0 Å². The summed E-state index contributed by atoms with van der Waals surface area (Å²) in [4.78, 5) is 23.8. The molecule has 19 heavy (non-hydrogen) atoms. The summed E-state index contributed by atoms with van der Waals surface area (Å²) in [6.07, 6.45) is 3.30. The van der Waals surface area contributed by atoms with Gasteiger partial charge >= 0.3 is 29.6 Å². The molecule has 7 nitrogen and oxygen atoms in total. The minimum Gasteiger partial charge on any atom is -0.543 e. The van der Waals surface area contributed by atoms with E-state index in [4.69, 9.17) is 0 Å². The molecule has 2 aliphatic heterocycles. The number of amides is 1. The van der Waals surface area contributed by atoms with E-state index >= 15 is 0 Å². The number of carbonyl (C=O) groups is 2. The monoisotopic (exact) mass is 286 g/mol.